The van der Waals surface area contributed by atoms with Crippen LogP contribution in [0.1, 0.15) is 33.1 Å². The van der Waals surface area contributed by atoms with Gasteiger partial charge in [0.1, 0.15) is 0 Å². The third-order valence-electron chi connectivity index (χ3n) is 1.45. The second-order valence-electron chi connectivity index (χ2n) is 2.94. The molecular formula is C11H18. The third kappa shape index (κ3) is 7.11. The van der Waals surface area contributed by atoms with Gasteiger partial charge in [0, 0.05) is 0 Å². The van der Waals surface area contributed by atoms with E-state index >= 15 is 0 Å². The number of hydrogen-bond donors (Lipinski definition) is 0. The molecule has 0 saturated carbocycles. The number of allylic oxidation sites excluding steroid dienone is 4. The lowest BCUT2D eigenvalue weighted by atomic mass is 10.1. The lowest BCUT2D eigenvalue weighted by Gasteiger charge is -1.96. The quantitative estimate of drug-likeness (QED) is 0.522. The molecule has 0 aliphatic rings. The fraction of sp³-hybridized carbons (Fsp3) is 0.455. The van der Waals surface area contributed by atoms with Crippen LogP contribution in [-0.4, -0.2) is 0 Å². The maximum Gasteiger partial charge on any atom is -0.0285 e. The summed E-state index contributed by atoms with van der Waals surface area (Å²) in [6, 6.07) is 0. The summed E-state index contributed by atoms with van der Waals surface area (Å²) in [5.74, 6) is 0. The predicted molar refractivity (Wildman–Crippen MR) is 52.6 cm³/mol. The number of unbranched alkanes of at least 4 members (excludes halogenated alkanes) is 1. The Morgan fingerprint density at radius 3 is 2.36 bits per heavy atom. The molecule has 62 valence electrons. The molecule has 0 radical (unpaired) electrons. The molecule has 0 aliphatic heterocycles. The Morgan fingerprint density at radius 2 is 1.91 bits per heavy atom. The second-order valence-corrected chi connectivity index (χ2v) is 2.94. The van der Waals surface area contributed by atoms with Crippen LogP contribution in [0.5, 0.6) is 0 Å². The molecule has 0 aromatic heterocycles. The molecule has 0 amide bonds. The molecule has 0 unspecified atom stereocenters. The Labute approximate surface area is 70.3 Å². The van der Waals surface area contributed by atoms with E-state index in [4.69, 9.17) is 0 Å². The zero-order valence-electron chi connectivity index (χ0n) is 7.69. The minimum absolute atomic E-state index is 1.09. The summed E-state index contributed by atoms with van der Waals surface area (Å²) >= 11 is 0. The summed E-state index contributed by atoms with van der Waals surface area (Å²) in [7, 11) is 0. The molecule has 0 saturated heterocycles. The van der Waals surface area contributed by atoms with Gasteiger partial charge in [-0.15, -0.1) is 0 Å². The van der Waals surface area contributed by atoms with Crippen molar-refractivity contribution in [2.75, 3.05) is 0 Å². The summed E-state index contributed by atoms with van der Waals surface area (Å²) in [6.45, 7) is 11.9. The van der Waals surface area contributed by atoms with Crippen LogP contribution in [0.3, 0.4) is 0 Å². The van der Waals surface area contributed by atoms with E-state index in [2.05, 4.69) is 26.2 Å². The SMILES string of the molecule is C=C(C)/C=C\C(=C)CCCC. The van der Waals surface area contributed by atoms with Gasteiger partial charge in [-0.1, -0.05) is 49.8 Å². The van der Waals surface area contributed by atoms with E-state index < -0.39 is 0 Å². The van der Waals surface area contributed by atoms with Crippen molar-refractivity contribution in [1.29, 1.82) is 0 Å². The van der Waals surface area contributed by atoms with E-state index in [0.717, 1.165) is 12.0 Å². The Balaban J connectivity index is 3.60. The number of rotatable bonds is 5. The molecular weight excluding hydrogens is 132 g/mol. The van der Waals surface area contributed by atoms with Crippen molar-refractivity contribution < 1.29 is 0 Å². The molecule has 11 heavy (non-hydrogen) atoms. The molecule has 0 spiro atoms. The van der Waals surface area contributed by atoms with Gasteiger partial charge in [-0.3, -0.25) is 0 Å². The topological polar surface area (TPSA) is 0 Å². The van der Waals surface area contributed by atoms with Crippen molar-refractivity contribution in [3.05, 3.63) is 36.5 Å². The van der Waals surface area contributed by atoms with Crippen LogP contribution in [0, 0.1) is 0 Å². The molecule has 0 fully saturated rings. The summed E-state index contributed by atoms with van der Waals surface area (Å²) < 4.78 is 0. The van der Waals surface area contributed by atoms with Gasteiger partial charge in [0.15, 0.2) is 0 Å². The minimum Gasteiger partial charge on any atom is -0.0961 e. The molecule has 0 bridgehead atoms. The molecule has 0 heterocycles. The highest BCUT2D eigenvalue weighted by Crippen LogP contribution is 2.06. The Morgan fingerprint density at radius 1 is 1.27 bits per heavy atom. The van der Waals surface area contributed by atoms with Crippen molar-refractivity contribution in [2.45, 2.75) is 33.1 Å². The standard InChI is InChI=1S/C11H18/c1-5-6-7-11(4)9-8-10(2)3/h8-9H,2,4-7H2,1,3H3/b9-8-. The maximum atomic E-state index is 3.94. The Hall–Kier alpha value is -0.780. The van der Waals surface area contributed by atoms with E-state index in [1.165, 1.54) is 18.4 Å². The normalized spacial score (nSPS) is 10.4. The van der Waals surface area contributed by atoms with Gasteiger partial charge < -0.3 is 0 Å². The lowest BCUT2D eigenvalue weighted by molar-refractivity contribution is 0.799. The molecule has 0 nitrogen and oxygen atoms in total. The van der Waals surface area contributed by atoms with Gasteiger partial charge in [0.25, 0.3) is 0 Å². The van der Waals surface area contributed by atoms with E-state index in [9.17, 15) is 0 Å². The molecule has 0 aliphatic carbocycles. The minimum atomic E-state index is 1.09. The predicted octanol–water partition coefficient (Wildman–Crippen LogP) is 3.87. The molecule has 0 N–H and O–H groups in total. The number of hydrogen-bond acceptors (Lipinski definition) is 0. The lowest BCUT2D eigenvalue weighted by Crippen LogP contribution is -1.76. The van der Waals surface area contributed by atoms with Gasteiger partial charge in [-0.25, -0.2) is 0 Å². The third-order valence-corrected chi connectivity index (χ3v) is 1.45. The van der Waals surface area contributed by atoms with Crippen LogP contribution >= 0.6 is 0 Å². The molecule has 0 aromatic carbocycles. The van der Waals surface area contributed by atoms with Crippen molar-refractivity contribution in [3.63, 3.8) is 0 Å². The van der Waals surface area contributed by atoms with E-state index in [-0.39, 0.29) is 0 Å². The van der Waals surface area contributed by atoms with E-state index in [0.29, 0.717) is 0 Å². The maximum absolute atomic E-state index is 3.94. The van der Waals surface area contributed by atoms with Crippen LogP contribution in [0.25, 0.3) is 0 Å². The van der Waals surface area contributed by atoms with Crippen LogP contribution in [0.15, 0.2) is 36.5 Å². The second kappa shape index (κ2) is 5.96. The fourth-order valence-corrected chi connectivity index (χ4v) is 0.747. The first-order valence-corrected chi connectivity index (χ1v) is 4.18. The first kappa shape index (κ1) is 10.2. The van der Waals surface area contributed by atoms with Crippen molar-refractivity contribution in [3.8, 4) is 0 Å². The van der Waals surface area contributed by atoms with E-state index in [1.54, 1.807) is 0 Å². The summed E-state index contributed by atoms with van der Waals surface area (Å²) in [4.78, 5) is 0. The Kier molecular flexibility index (Phi) is 5.54. The van der Waals surface area contributed by atoms with Gasteiger partial charge in [0.05, 0.1) is 0 Å². The van der Waals surface area contributed by atoms with Gasteiger partial charge >= 0.3 is 0 Å². The summed E-state index contributed by atoms with van der Waals surface area (Å²) in [5.41, 5.74) is 2.29. The average molecular weight is 150 g/mol. The van der Waals surface area contributed by atoms with Crippen molar-refractivity contribution >= 4 is 0 Å². The highest BCUT2D eigenvalue weighted by Gasteiger charge is 1.86. The highest BCUT2D eigenvalue weighted by molar-refractivity contribution is 5.22. The first-order valence-electron chi connectivity index (χ1n) is 4.18. The van der Waals surface area contributed by atoms with E-state index in [1.807, 2.05) is 13.0 Å². The van der Waals surface area contributed by atoms with Gasteiger partial charge in [-0.2, -0.15) is 0 Å². The van der Waals surface area contributed by atoms with Crippen molar-refractivity contribution in [2.24, 2.45) is 0 Å². The zero-order valence-corrected chi connectivity index (χ0v) is 7.69. The zero-order chi connectivity index (χ0) is 8.69. The summed E-state index contributed by atoms with van der Waals surface area (Å²) in [6.07, 6.45) is 7.65. The van der Waals surface area contributed by atoms with Crippen molar-refractivity contribution in [1.82, 2.24) is 0 Å². The summed E-state index contributed by atoms with van der Waals surface area (Å²) in [5, 5.41) is 0. The highest BCUT2D eigenvalue weighted by atomic mass is 13.9. The molecule has 0 rings (SSSR count). The molecule has 0 heteroatoms. The molecule has 0 atom stereocenters. The smallest absolute Gasteiger partial charge is 0.0285 e. The largest absolute Gasteiger partial charge is 0.0961 e. The van der Waals surface area contributed by atoms with Gasteiger partial charge in [-0.05, 0) is 19.8 Å². The van der Waals surface area contributed by atoms with Crippen LogP contribution in [0.4, 0.5) is 0 Å². The monoisotopic (exact) mass is 150 g/mol. The van der Waals surface area contributed by atoms with Crippen LogP contribution < -0.4 is 0 Å². The Bertz CT molecular complexity index is 161. The van der Waals surface area contributed by atoms with Crippen LogP contribution in [-0.2, 0) is 0 Å². The average Bonchev–Trinajstić information content (AvgIpc) is 1.97. The van der Waals surface area contributed by atoms with Crippen LogP contribution in [0.2, 0.25) is 0 Å². The fourth-order valence-electron chi connectivity index (χ4n) is 0.747. The molecule has 0 aromatic rings. The first-order chi connectivity index (χ1) is 5.16. The van der Waals surface area contributed by atoms with Gasteiger partial charge in [0.2, 0.25) is 0 Å².